The van der Waals surface area contributed by atoms with Crippen LogP contribution in [0.15, 0.2) is 42.5 Å². The number of hydrogen-bond acceptors (Lipinski definition) is 3. The Labute approximate surface area is 131 Å². The van der Waals surface area contributed by atoms with Gasteiger partial charge in [-0.15, -0.1) is 11.3 Å². The zero-order valence-electron chi connectivity index (χ0n) is 11.3. The van der Waals surface area contributed by atoms with Crippen LogP contribution in [0.4, 0.5) is 11.4 Å². The van der Waals surface area contributed by atoms with Gasteiger partial charge >= 0.3 is 0 Å². The van der Waals surface area contributed by atoms with Gasteiger partial charge in [-0.05, 0) is 36.8 Å². The summed E-state index contributed by atoms with van der Waals surface area (Å²) in [5.41, 5.74) is 8.04. The molecule has 0 saturated carbocycles. The molecule has 0 unspecified atom stereocenters. The number of nitrogen functional groups attached to an aromatic ring is 1. The van der Waals surface area contributed by atoms with Gasteiger partial charge in [-0.2, -0.15) is 0 Å². The molecule has 0 radical (unpaired) electrons. The number of fused-ring (bicyclic) bond motifs is 1. The molecule has 0 fully saturated rings. The van der Waals surface area contributed by atoms with Gasteiger partial charge in [-0.1, -0.05) is 29.8 Å². The molecule has 0 bridgehead atoms. The van der Waals surface area contributed by atoms with E-state index in [4.69, 9.17) is 17.3 Å². The van der Waals surface area contributed by atoms with Crippen LogP contribution >= 0.6 is 22.9 Å². The summed E-state index contributed by atoms with van der Waals surface area (Å²) in [5.74, 6) is -0.200. The molecule has 21 heavy (non-hydrogen) atoms. The van der Waals surface area contributed by atoms with Crippen molar-refractivity contribution in [1.82, 2.24) is 0 Å². The molecule has 0 saturated heterocycles. The molecule has 0 spiro atoms. The first-order chi connectivity index (χ1) is 10.1. The minimum Gasteiger partial charge on any atom is -0.399 e. The smallest absolute Gasteiger partial charge is 0.267 e. The van der Waals surface area contributed by atoms with Gasteiger partial charge in [0.2, 0.25) is 0 Å². The number of carbonyl (C=O) groups excluding carboxylic acids is 1. The fourth-order valence-electron chi connectivity index (χ4n) is 2.17. The topological polar surface area (TPSA) is 55.1 Å². The molecule has 3 aromatic rings. The second kappa shape index (κ2) is 5.39. The number of rotatable bonds is 2. The lowest BCUT2D eigenvalue weighted by atomic mass is 10.2. The molecule has 0 aliphatic rings. The number of nitrogens with one attached hydrogen (secondary N) is 1. The van der Waals surface area contributed by atoms with Crippen molar-refractivity contribution in [3.05, 3.63) is 57.9 Å². The van der Waals surface area contributed by atoms with E-state index in [-0.39, 0.29) is 5.91 Å². The van der Waals surface area contributed by atoms with Gasteiger partial charge in [-0.25, -0.2) is 0 Å². The largest absolute Gasteiger partial charge is 0.399 e. The van der Waals surface area contributed by atoms with Crippen molar-refractivity contribution in [2.24, 2.45) is 0 Å². The van der Waals surface area contributed by atoms with E-state index < -0.39 is 0 Å². The fourth-order valence-corrected chi connectivity index (χ4v) is 3.58. The number of nitrogens with two attached hydrogens (primary N) is 1. The summed E-state index contributed by atoms with van der Waals surface area (Å²) >= 11 is 7.70. The summed E-state index contributed by atoms with van der Waals surface area (Å²) in [7, 11) is 0. The van der Waals surface area contributed by atoms with Crippen LogP contribution in [-0.4, -0.2) is 5.91 Å². The molecule has 0 aliphatic heterocycles. The van der Waals surface area contributed by atoms with Gasteiger partial charge < -0.3 is 11.1 Å². The minimum atomic E-state index is -0.200. The van der Waals surface area contributed by atoms with Crippen molar-refractivity contribution in [2.45, 2.75) is 6.92 Å². The highest BCUT2D eigenvalue weighted by atomic mass is 35.5. The Balaban J connectivity index is 1.95. The molecule has 3 N–H and O–H groups in total. The van der Waals surface area contributed by atoms with Crippen molar-refractivity contribution >= 4 is 50.3 Å². The Morgan fingerprint density at radius 2 is 2.00 bits per heavy atom. The van der Waals surface area contributed by atoms with Crippen molar-refractivity contribution in [1.29, 1.82) is 0 Å². The van der Waals surface area contributed by atoms with Crippen molar-refractivity contribution in [3.63, 3.8) is 0 Å². The summed E-state index contributed by atoms with van der Waals surface area (Å²) in [6.07, 6.45) is 0. The Kier molecular flexibility index (Phi) is 3.57. The minimum absolute atomic E-state index is 0.200. The molecule has 0 atom stereocenters. The third-order valence-electron chi connectivity index (χ3n) is 3.24. The summed E-state index contributed by atoms with van der Waals surface area (Å²) < 4.78 is 1.00. The van der Waals surface area contributed by atoms with Crippen molar-refractivity contribution in [2.75, 3.05) is 11.1 Å². The monoisotopic (exact) mass is 316 g/mol. The maximum absolute atomic E-state index is 12.4. The first kappa shape index (κ1) is 13.9. The highest BCUT2D eigenvalue weighted by Crippen LogP contribution is 2.35. The SMILES string of the molecule is Cc1cc(N)ccc1NC(=O)c1sc2ccccc2c1Cl. The zero-order chi connectivity index (χ0) is 15.0. The van der Waals surface area contributed by atoms with Crippen LogP contribution in [0.2, 0.25) is 5.02 Å². The van der Waals surface area contributed by atoms with Crippen molar-refractivity contribution in [3.8, 4) is 0 Å². The molecule has 1 aromatic heterocycles. The number of anilines is 2. The van der Waals surface area contributed by atoms with E-state index in [9.17, 15) is 4.79 Å². The van der Waals surface area contributed by atoms with Gasteiger partial charge in [0, 0.05) is 21.5 Å². The average Bonchev–Trinajstić information content (AvgIpc) is 2.80. The number of thiophene rings is 1. The number of halogens is 1. The third kappa shape index (κ3) is 2.60. The van der Waals surface area contributed by atoms with Gasteiger partial charge in [-0.3, -0.25) is 4.79 Å². The maximum atomic E-state index is 12.4. The van der Waals surface area contributed by atoms with Crippen LogP contribution in [-0.2, 0) is 0 Å². The van der Waals surface area contributed by atoms with Crippen LogP contribution < -0.4 is 11.1 Å². The third-order valence-corrected chi connectivity index (χ3v) is 4.91. The number of carbonyl (C=O) groups is 1. The second-order valence-corrected chi connectivity index (χ2v) is 6.20. The summed E-state index contributed by atoms with van der Waals surface area (Å²) in [4.78, 5) is 12.9. The standard InChI is InChI=1S/C16H13ClN2OS/c1-9-8-10(18)6-7-12(9)19-16(20)15-14(17)11-4-2-3-5-13(11)21-15/h2-8H,18H2,1H3,(H,19,20). The number of amides is 1. The van der Waals surface area contributed by atoms with E-state index in [1.807, 2.05) is 37.3 Å². The van der Waals surface area contributed by atoms with Crippen LogP contribution in [0, 0.1) is 6.92 Å². The normalized spacial score (nSPS) is 10.8. The summed E-state index contributed by atoms with van der Waals surface area (Å²) in [6.45, 7) is 1.90. The number of hydrogen-bond donors (Lipinski definition) is 2. The molecule has 5 heteroatoms. The lowest BCUT2D eigenvalue weighted by molar-refractivity contribution is 0.103. The second-order valence-electron chi connectivity index (χ2n) is 4.77. The van der Waals surface area contributed by atoms with E-state index in [2.05, 4.69) is 5.32 Å². The van der Waals surface area contributed by atoms with Gasteiger partial charge in [0.15, 0.2) is 0 Å². The van der Waals surface area contributed by atoms with E-state index in [1.165, 1.54) is 11.3 Å². The van der Waals surface area contributed by atoms with Gasteiger partial charge in [0.1, 0.15) is 4.88 Å². The fraction of sp³-hybridized carbons (Fsp3) is 0.0625. The molecule has 3 rings (SSSR count). The maximum Gasteiger partial charge on any atom is 0.267 e. The number of aryl methyl sites for hydroxylation is 1. The van der Waals surface area contributed by atoms with E-state index in [0.29, 0.717) is 15.6 Å². The Bertz CT molecular complexity index is 841. The molecule has 2 aromatic carbocycles. The molecular formula is C16H13ClN2OS. The molecule has 106 valence electrons. The van der Waals surface area contributed by atoms with Crippen LogP contribution in [0.5, 0.6) is 0 Å². The quantitative estimate of drug-likeness (QED) is 0.673. The molecule has 3 nitrogen and oxygen atoms in total. The van der Waals surface area contributed by atoms with E-state index >= 15 is 0 Å². The van der Waals surface area contributed by atoms with Gasteiger partial charge in [0.05, 0.1) is 5.02 Å². The van der Waals surface area contributed by atoms with Crippen LogP contribution in [0.3, 0.4) is 0 Å². The lowest BCUT2D eigenvalue weighted by Gasteiger charge is -2.08. The first-order valence-corrected chi connectivity index (χ1v) is 7.60. The van der Waals surface area contributed by atoms with Crippen LogP contribution in [0.25, 0.3) is 10.1 Å². The highest BCUT2D eigenvalue weighted by molar-refractivity contribution is 7.21. The lowest BCUT2D eigenvalue weighted by Crippen LogP contribution is -2.11. The molecular weight excluding hydrogens is 304 g/mol. The van der Waals surface area contributed by atoms with Crippen molar-refractivity contribution < 1.29 is 4.79 Å². The Hall–Kier alpha value is -2.04. The molecule has 1 heterocycles. The van der Waals surface area contributed by atoms with E-state index in [1.54, 1.807) is 12.1 Å². The Morgan fingerprint density at radius 1 is 1.24 bits per heavy atom. The first-order valence-electron chi connectivity index (χ1n) is 6.41. The zero-order valence-corrected chi connectivity index (χ0v) is 12.9. The number of benzene rings is 2. The molecule has 1 amide bonds. The van der Waals surface area contributed by atoms with Gasteiger partial charge in [0.25, 0.3) is 5.91 Å². The van der Waals surface area contributed by atoms with Crippen LogP contribution in [0.1, 0.15) is 15.2 Å². The summed E-state index contributed by atoms with van der Waals surface area (Å²) in [5, 5.41) is 4.29. The predicted octanol–water partition coefficient (Wildman–Crippen LogP) is 4.70. The highest BCUT2D eigenvalue weighted by Gasteiger charge is 2.17. The summed E-state index contributed by atoms with van der Waals surface area (Å²) in [6, 6.07) is 13.1. The van der Waals surface area contributed by atoms with E-state index in [0.717, 1.165) is 21.3 Å². The Morgan fingerprint density at radius 3 is 2.71 bits per heavy atom. The molecule has 0 aliphatic carbocycles. The predicted molar refractivity (Wildman–Crippen MR) is 90.4 cm³/mol. The average molecular weight is 317 g/mol.